The molecule has 3 heteroatoms. The van der Waals surface area contributed by atoms with Gasteiger partial charge in [-0.05, 0) is 63.1 Å². The van der Waals surface area contributed by atoms with Crippen molar-refractivity contribution in [3.63, 3.8) is 0 Å². The van der Waals surface area contributed by atoms with Crippen LogP contribution >= 0.6 is 22.6 Å². The van der Waals surface area contributed by atoms with Gasteiger partial charge in [-0.25, -0.2) is 0 Å². The average molecular weight is 350 g/mol. The van der Waals surface area contributed by atoms with E-state index in [4.69, 9.17) is 4.43 Å². The molecule has 0 spiro atoms. The zero-order valence-corrected chi connectivity index (χ0v) is 14.2. The van der Waals surface area contributed by atoms with E-state index in [0.29, 0.717) is 17.1 Å². The summed E-state index contributed by atoms with van der Waals surface area (Å²) in [4.78, 5) is 0. The van der Waals surface area contributed by atoms with Crippen molar-refractivity contribution in [2.45, 2.75) is 57.8 Å². The smallest absolute Gasteiger partial charge is 0.192 e. The fraction of sp³-hybridized carbons (Fsp3) is 0.846. The van der Waals surface area contributed by atoms with Crippen molar-refractivity contribution in [2.75, 3.05) is 0 Å². The van der Waals surface area contributed by atoms with Crippen molar-refractivity contribution < 1.29 is 4.43 Å². The summed E-state index contributed by atoms with van der Waals surface area (Å²) in [6.45, 7) is 11.7. The maximum absolute atomic E-state index is 6.54. The summed E-state index contributed by atoms with van der Waals surface area (Å²) in [7, 11) is -1.56. The molecule has 0 unspecified atom stereocenters. The lowest BCUT2D eigenvalue weighted by molar-refractivity contribution is 0.155. The molecule has 2 aliphatic carbocycles. The molecule has 0 heterocycles. The highest BCUT2D eigenvalue weighted by molar-refractivity contribution is 14.1. The van der Waals surface area contributed by atoms with E-state index in [1.54, 1.807) is 3.58 Å². The highest BCUT2D eigenvalue weighted by Crippen LogP contribution is 2.50. The van der Waals surface area contributed by atoms with Crippen LogP contribution in [0.1, 0.15) is 33.6 Å². The number of hydrogen-bond acceptors (Lipinski definition) is 1. The van der Waals surface area contributed by atoms with Crippen molar-refractivity contribution >= 4 is 30.9 Å². The maximum atomic E-state index is 6.54. The van der Waals surface area contributed by atoms with Gasteiger partial charge in [-0.1, -0.05) is 26.8 Å². The Labute approximate surface area is 114 Å². The third kappa shape index (κ3) is 2.27. The summed E-state index contributed by atoms with van der Waals surface area (Å²) in [5.41, 5.74) is 0. The number of halogens is 1. The van der Waals surface area contributed by atoms with E-state index in [9.17, 15) is 0 Å². The molecule has 0 aromatic rings. The van der Waals surface area contributed by atoms with Gasteiger partial charge in [0.05, 0.1) is 6.10 Å². The number of fused-ring (bicyclic) bond motifs is 2. The lowest BCUT2D eigenvalue weighted by Crippen LogP contribution is -2.44. The lowest BCUT2D eigenvalue weighted by Gasteiger charge is -2.40. The predicted molar refractivity (Wildman–Crippen MR) is 80.4 cm³/mol. The Hall–Kier alpha value is 0.647. The van der Waals surface area contributed by atoms with Gasteiger partial charge in [0.2, 0.25) is 0 Å². The van der Waals surface area contributed by atoms with Crippen LogP contribution in [0.15, 0.2) is 9.66 Å². The average Bonchev–Trinajstić information content (AvgIpc) is 2.59. The van der Waals surface area contributed by atoms with Crippen LogP contribution in [-0.2, 0) is 4.43 Å². The number of allylic oxidation sites excluding steroid dienone is 1. The van der Waals surface area contributed by atoms with Crippen molar-refractivity contribution in [2.24, 2.45) is 11.8 Å². The van der Waals surface area contributed by atoms with Crippen molar-refractivity contribution in [1.29, 1.82) is 0 Å². The molecule has 0 N–H and O–H groups in total. The molecule has 92 valence electrons. The molecule has 0 amide bonds. The Morgan fingerprint density at radius 1 is 1.31 bits per heavy atom. The molecule has 1 fully saturated rings. The molecular weight excluding hydrogens is 327 g/mol. The van der Waals surface area contributed by atoms with Gasteiger partial charge in [-0.15, -0.1) is 0 Å². The Morgan fingerprint density at radius 2 is 1.94 bits per heavy atom. The van der Waals surface area contributed by atoms with Crippen molar-refractivity contribution in [3.8, 4) is 0 Å². The molecule has 3 atom stereocenters. The quantitative estimate of drug-likeness (QED) is 0.517. The molecule has 0 aliphatic heterocycles. The molecule has 0 aromatic heterocycles. The van der Waals surface area contributed by atoms with Gasteiger partial charge in [0.25, 0.3) is 0 Å². The highest BCUT2D eigenvalue weighted by Gasteiger charge is 2.46. The predicted octanol–water partition coefficient (Wildman–Crippen LogP) is 4.74. The summed E-state index contributed by atoms with van der Waals surface area (Å²) >= 11 is 2.50. The first kappa shape index (κ1) is 13.1. The van der Waals surface area contributed by atoms with Crippen LogP contribution in [0.25, 0.3) is 0 Å². The second kappa shape index (κ2) is 4.09. The first-order valence-electron chi connectivity index (χ1n) is 6.26. The van der Waals surface area contributed by atoms with Crippen LogP contribution in [0.5, 0.6) is 0 Å². The standard InChI is InChI=1S/C13H23IOSi/c1-13(2,3)16(4,5)15-12-8-9-6-10(12)7-11(9)14/h7,9-10,12H,6,8H2,1-5H3/t9-,10-,12+/m0/s1. The van der Waals surface area contributed by atoms with Crippen LogP contribution in [0.3, 0.4) is 0 Å². The van der Waals surface area contributed by atoms with E-state index in [1.165, 1.54) is 12.8 Å². The van der Waals surface area contributed by atoms with E-state index in [1.807, 2.05) is 0 Å². The molecule has 0 aromatic carbocycles. The van der Waals surface area contributed by atoms with Gasteiger partial charge in [0, 0.05) is 5.92 Å². The van der Waals surface area contributed by atoms with E-state index in [-0.39, 0.29) is 0 Å². The Bertz CT molecular complexity index is 316. The Kier molecular flexibility index (Phi) is 3.35. The molecule has 1 saturated carbocycles. The summed E-state index contributed by atoms with van der Waals surface area (Å²) in [6, 6.07) is 0. The normalized spacial score (nSPS) is 34.4. The second-order valence-electron chi connectivity index (χ2n) is 6.80. The Morgan fingerprint density at radius 3 is 2.31 bits per heavy atom. The van der Waals surface area contributed by atoms with E-state index < -0.39 is 8.32 Å². The summed E-state index contributed by atoms with van der Waals surface area (Å²) in [6.07, 6.45) is 5.58. The van der Waals surface area contributed by atoms with Gasteiger partial charge in [0.1, 0.15) is 0 Å². The molecule has 2 rings (SSSR count). The molecule has 0 saturated heterocycles. The molecule has 2 aliphatic rings. The first-order valence-corrected chi connectivity index (χ1v) is 10.2. The largest absolute Gasteiger partial charge is 0.413 e. The molecule has 2 bridgehead atoms. The highest BCUT2D eigenvalue weighted by atomic mass is 127. The van der Waals surface area contributed by atoms with Gasteiger partial charge in [-0.3, -0.25) is 0 Å². The minimum absolute atomic E-state index is 0.339. The molecule has 1 nitrogen and oxygen atoms in total. The summed E-state index contributed by atoms with van der Waals surface area (Å²) in [5.74, 6) is 1.53. The maximum Gasteiger partial charge on any atom is 0.192 e. The first-order chi connectivity index (χ1) is 7.21. The van der Waals surface area contributed by atoms with Crippen LogP contribution in [-0.4, -0.2) is 14.4 Å². The second-order valence-corrected chi connectivity index (χ2v) is 12.8. The minimum atomic E-state index is -1.56. The third-order valence-electron chi connectivity index (χ3n) is 4.57. The van der Waals surface area contributed by atoms with Crippen LogP contribution < -0.4 is 0 Å². The fourth-order valence-corrected chi connectivity index (χ4v) is 4.82. The summed E-state index contributed by atoms with van der Waals surface area (Å²) in [5, 5.41) is 0.339. The van der Waals surface area contributed by atoms with Crippen molar-refractivity contribution in [1.82, 2.24) is 0 Å². The number of rotatable bonds is 2. The van der Waals surface area contributed by atoms with Gasteiger partial charge < -0.3 is 4.43 Å². The molecular formula is C13H23IOSi. The zero-order valence-electron chi connectivity index (χ0n) is 11.0. The molecule has 0 radical (unpaired) electrons. The van der Waals surface area contributed by atoms with Crippen molar-refractivity contribution in [3.05, 3.63) is 9.66 Å². The topological polar surface area (TPSA) is 9.23 Å². The molecule has 16 heavy (non-hydrogen) atoms. The van der Waals surface area contributed by atoms with Gasteiger partial charge >= 0.3 is 0 Å². The SMILES string of the molecule is CC(C)(C)[Si](C)(C)O[C@@H]1C[C@@H]2C[C@H]1C=C2I. The van der Waals surface area contributed by atoms with Crippen LogP contribution in [0.4, 0.5) is 0 Å². The van der Waals surface area contributed by atoms with Crippen LogP contribution in [0, 0.1) is 11.8 Å². The summed E-state index contributed by atoms with van der Waals surface area (Å²) < 4.78 is 8.12. The van der Waals surface area contributed by atoms with E-state index in [2.05, 4.69) is 62.5 Å². The van der Waals surface area contributed by atoms with Gasteiger partial charge in [-0.2, -0.15) is 0 Å². The fourth-order valence-electron chi connectivity index (χ4n) is 2.46. The van der Waals surface area contributed by atoms with Crippen LogP contribution in [0.2, 0.25) is 18.1 Å². The van der Waals surface area contributed by atoms with E-state index in [0.717, 1.165) is 5.92 Å². The Balaban J connectivity index is 2.03. The minimum Gasteiger partial charge on any atom is -0.413 e. The number of hydrogen-bond donors (Lipinski definition) is 0. The zero-order chi connectivity index (χ0) is 12.1. The monoisotopic (exact) mass is 350 g/mol. The lowest BCUT2D eigenvalue weighted by atomic mass is 10.1. The third-order valence-corrected chi connectivity index (χ3v) is 10.3. The van der Waals surface area contributed by atoms with Gasteiger partial charge in [0.15, 0.2) is 8.32 Å². The van der Waals surface area contributed by atoms with E-state index >= 15 is 0 Å².